The van der Waals surface area contributed by atoms with Gasteiger partial charge >= 0.3 is 0 Å². The Morgan fingerprint density at radius 1 is 1.20 bits per heavy atom. The van der Waals surface area contributed by atoms with Crippen LogP contribution >= 0.6 is 11.6 Å². The maximum Gasteiger partial charge on any atom is 0.261 e. The number of imide groups is 1. The Balaban J connectivity index is 1.77. The fourth-order valence-corrected chi connectivity index (χ4v) is 2.86. The van der Waals surface area contributed by atoms with Crippen molar-refractivity contribution in [2.45, 2.75) is 6.92 Å². The summed E-state index contributed by atoms with van der Waals surface area (Å²) in [5.74, 6) is -1.12. The highest BCUT2D eigenvalue weighted by atomic mass is 35.5. The molecule has 1 N–H and O–H groups in total. The molecule has 1 aromatic heterocycles. The van der Waals surface area contributed by atoms with Gasteiger partial charge in [0.25, 0.3) is 11.8 Å². The van der Waals surface area contributed by atoms with Gasteiger partial charge in [0.15, 0.2) is 0 Å². The number of benzene rings is 1. The van der Waals surface area contributed by atoms with E-state index in [0.717, 1.165) is 4.90 Å². The normalized spacial score (nSPS) is 13.7. The highest BCUT2D eigenvalue weighted by Gasteiger charge is 2.32. The van der Waals surface area contributed by atoms with E-state index in [-0.39, 0.29) is 23.3 Å². The number of carbonyl (C=O) groups excluding carboxylic acids is 3. The third-order valence-electron chi connectivity index (χ3n) is 3.95. The third-order valence-corrected chi connectivity index (χ3v) is 4.40. The van der Waals surface area contributed by atoms with Crippen molar-refractivity contribution in [2.24, 2.45) is 7.05 Å². The lowest BCUT2D eigenvalue weighted by Gasteiger charge is -2.04. The number of rotatable bonds is 3. The maximum atomic E-state index is 12.1. The molecule has 7 nitrogen and oxygen atoms in total. The molecule has 0 unspecified atom stereocenters. The van der Waals surface area contributed by atoms with Crippen LogP contribution in [0.2, 0.25) is 5.15 Å². The van der Waals surface area contributed by atoms with E-state index >= 15 is 0 Å². The van der Waals surface area contributed by atoms with Crippen molar-refractivity contribution in [1.82, 2.24) is 14.7 Å². The van der Waals surface area contributed by atoms with Crippen molar-refractivity contribution in [3.63, 3.8) is 0 Å². The fourth-order valence-electron chi connectivity index (χ4n) is 2.62. The van der Waals surface area contributed by atoms with Gasteiger partial charge in [0.2, 0.25) is 5.91 Å². The average molecular weight is 359 g/mol. The first-order valence-corrected chi connectivity index (χ1v) is 7.82. The number of nitrogens with one attached hydrogen (secondary N) is 1. The van der Waals surface area contributed by atoms with Crippen LogP contribution in [0.3, 0.4) is 0 Å². The summed E-state index contributed by atoms with van der Waals surface area (Å²) in [4.78, 5) is 37.0. The summed E-state index contributed by atoms with van der Waals surface area (Å²) in [5.41, 5.74) is 2.41. The third kappa shape index (κ3) is 2.94. The van der Waals surface area contributed by atoms with Crippen LogP contribution in [-0.4, -0.2) is 39.4 Å². The van der Waals surface area contributed by atoms with Gasteiger partial charge in [-0.1, -0.05) is 11.6 Å². The number of aromatic nitrogens is 2. The molecule has 3 rings (SSSR count). The second-order valence-electron chi connectivity index (χ2n) is 5.67. The first-order valence-electron chi connectivity index (χ1n) is 7.44. The molecule has 1 aromatic carbocycles. The van der Waals surface area contributed by atoms with E-state index in [9.17, 15) is 14.4 Å². The van der Waals surface area contributed by atoms with Crippen molar-refractivity contribution < 1.29 is 14.4 Å². The van der Waals surface area contributed by atoms with Gasteiger partial charge in [-0.15, -0.1) is 0 Å². The number of carbonyl (C=O) groups is 3. The van der Waals surface area contributed by atoms with Crippen molar-refractivity contribution >= 4 is 41.1 Å². The van der Waals surface area contributed by atoms with Crippen LogP contribution in [0.4, 0.5) is 5.69 Å². The predicted octanol–water partition coefficient (Wildman–Crippen LogP) is 2.26. The number of hydrogen-bond acceptors (Lipinski definition) is 4. The number of hydrogen-bond donors (Lipinski definition) is 1. The monoisotopic (exact) mass is 358 g/mol. The van der Waals surface area contributed by atoms with E-state index in [1.807, 2.05) is 0 Å². The Bertz CT molecular complexity index is 946. The molecule has 0 fully saturated rings. The summed E-state index contributed by atoms with van der Waals surface area (Å²) in [7, 11) is 3.14. The molecule has 0 aliphatic carbocycles. The lowest BCUT2D eigenvalue weighted by Crippen LogP contribution is -2.24. The van der Waals surface area contributed by atoms with Crippen molar-refractivity contribution in [3.05, 3.63) is 51.8 Å². The molecule has 0 atom stereocenters. The lowest BCUT2D eigenvalue weighted by atomic mass is 10.1. The molecule has 2 aromatic rings. The van der Waals surface area contributed by atoms with Gasteiger partial charge in [-0.2, -0.15) is 5.10 Å². The van der Waals surface area contributed by atoms with Gasteiger partial charge in [0.05, 0.1) is 16.8 Å². The minimum absolute atomic E-state index is 0.278. The molecule has 0 spiro atoms. The number of halogens is 1. The molecule has 1 aliphatic heterocycles. The number of amides is 3. The van der Waals surface area contributed by atoms with Crippen LogP contribution in [-0.2, 0) is 11.8 Å². The molecule has 0 saturated heterocycles. The van der Waals surface area contributed by atoms with Gasteiger partial charge in [-0.05, 0) is 31.2 Å². The van der Waals surface area contributed by atoms with Crippen LogP contribution in [0.5, 0.6) is 0 Å². The van der Waals surface area contributed by atoms with Crippen LogP contribution in [0, 0.1) is 6.92 Å². The topological polar surface area (TPSA) is 84.3 Å². The molecule has 128 valence electrons. The summed E-state index contributed by atoms with van der Waals surface area (Å²) in [6.07, 6.45) is 2.91. The van der Waals surface area contributed by atoms with Gasteiger partial charge < -0.3 is 5.32 Å². The number of anilines is 1. The zero-order valence-corrected chi connectivity index (χ0v) is 14.6. The number of fused-ring (bicyclic) bond motifs is 1. The Labute approximate surface area is 148 Å². The minimum atomic E-state index is -0.385. The number of nitrogens with zero attached hydrogens (tertiary/aromatic N) is 3. The van der Waals surface area contributed by atoms with E-state index in [2.05, 4.69) is 10.4 Å². The molecule has 0 saturated carbocycles. The average Bonchev–Trinajstić information content (AvgIpc) is 2.94. The van der Waals surface area contributed by atoms with E-state index in [1.54, 1.807) is 26.1 Å². The molecule has 0 bridgehead atoms. The van der Waals surface area contributed by atoms with E-state index in [4.69, 9.17) is 11.6 Å². The molecule has 2 heterocycles. The highest BCUT2D eigenvalue weighted by Crippen LogP contribution is 2.25. The lowest BCUT2D eigenvalue weighted by molar-refractivity contribution is -0.111. The quantitative estimate of drug-likeness (QED) is 0.673. The largest absolute Gasteiger partial charge is 0.322 e. The molecular weight excluding hydrogens is 344 g/mol. The van der Waals surface area contributed by atoms with Crippen LogP contribution in [0.15, 0.2) is 24.3 Å². The maximum absolute atomic E-state index is 12.1. The summed E-state index contributed by atoms with van der Waals surface area (Å²) < 4.78 is 1.52. The van der Waals surface area contributed by atoms with Crippen LogP contribution < -0.4 is 5.32 Å². The summed E-state index contributed by atoms with van der Waals surface area (Å²) >= 11 is 6.11. The highest BCUT2D eigenvalue weighted by molar-refractivity contribution is 6.31. The van der Waals surface area contributed by atoms with Crippen LogP contribution in [0.1, 0.15) is 32.0 Å². The molecule has 0 radical (unpaired) electrons. The molecule has 1 aliphatic rings. The van der Waals surface area contributed by atoms with Gasteiger partial charge in [-0.3, -0.25) is 24.0 Å². The smallest absolute Gasteiger partial charge is 0.261 e. The number of aryl methyl sites for hydroxylation is 2. The second kappa shape index (κ2) is 6.18. The fraction of sp³-hybridized carbons (Fsp3) is 0.176. The van der Waals surface area contributed by atoms with Gasteiger partial charge in [0.1, 0.15) is 5.15 Å². The molecule has 3 amide bonds. The molecular formula is C17H15ClN4O3. The minimum Gasteiger partial charge on any atom is -0.322 e. The Hall–Kier alpha value is -2.93. The summed E-state index contributed by atoms with van der Waals surface area (Å²) in [6.45, 7) is 1.79. The zero-order chi connectivity index (χ0) is 18.3. The Morgan fingerprint density at radius 2 is 1.88 bits per heavy atom. The standard InChI is InChI=1S/C17H15ClN4O3/c1-9-11(15(18)22(3)20-9)6-7-14(23)19-10-4-5-12-13(8-10)17(25)21(2)16(12)24/h4-8H,1-3H3,(H,19,23)/b7-6+. The Morgan fingerprint density at radius 3 is 2.52 bits per heavy atom. The van der Waals surface area contributed by atoms with Crippen molar-refractivity contribution in [1.29, 1.82) is 0 Å². The Kier molecular flexibility index (Phi) is 4.18. The first-order chi connectivity index (χ1) is 11.8. The van der Waals surface area contributed by atoms with Gasteiger partial charge in [-0.25, -0.2) is 0 Å². The summed E-state index contributed by atoms with van der Waals surface area (Å²) in [6, 6.07) is 4.60. The predicted molar refractivity (Wildman–Crippen MR) is 93.5 cm³/mol. The van der Waals surface area contributed by atoms with Gasteiger partial charge in [0, 0.05) is 31.4 Å². The second-order valence-corrected chi connectivity index (χ2v) is 6.02. The SMILES string of the molecule is Cc1nn(C)c(Cl)c1/C=C/C(=O)Nc1ccc2c(c1)C(=O)N(C)C2=O. The van der Waals surface area contributed by atoms with Crippen molar-refractivity contribution in [2.75, 3.05) is 12.4 Å². The molecule has 25 heavy (non-hydrogen) atoms. The van der Waals surface area contributed by atoms with E-state index in [0.29, 0.717) is 27.7 Å². The first kappa shape index (κ1) is 16.9. The zero-order valence-electron chi connectivity index (χ0n) is 13.8. The summed E-state index contributed by atoms with van der Waals surface area (Å²) in [5, 5.41) is 7.26. The van der Waals surface area contributed by atoms with E-state index in [1.165, 1.54) is 29.9 Å². The van der Waals surface area contributed by atoms with Crippen LogP contribution in [0.25, 0.3) is 6.08 Å². The van der Waals surface area contributed by atoms with E-state index < -0.39 is 0 Å². The van der Waals surface area contributed by atoms with Crippen molar-refractivity contribution in [3.8, 4) is 0 Å². The molecule has 8 heteroatoms.